The number of ether oxygens (including phenoxy) is 2. The minimum atomic E-state index is -4.71. The fraction of sp³-hybridized carbons (Fsp3) is 0.242. The molecule has 5 aromatic rings. The molecule has 2 amide bonds. The highest BCUT2D eigenvalue weighted by Gasteiger charge is 2.38. The number of non-ortho nitro benzene ring substituents is 1. The van der Waals surface area contributed by atoms with Gasteiger partial charge in [-0.25, -0.2) is 0 Å². The molecule has 0 radical (unpaired) electrons. The molecule has 0 spiro atoms. The number of anilines is 2. The highest BCUT2D eigenvalue weighted by Crippen LogP contribution is 2.42. The summed E-state index contributed by atoms with van der Waals surface area (Å²) in [7, 11) is -3.25. The number of fused-ring (bicyclic) bond motifs is 4. The molecule has 0 atom stereocenters. The van der Waals surface area contributed by atoms with Crippen molar-refractivity contribution in [3.63, 3.8) is 0 Å². The fourth-order valence-corrected chi connectivity index (χ4v) is 6.84. The van der Waals surface area contributed by atoms with Gasteiger partial charge in [-0.1, -0.05) is 12.1 Å². The standard InChI is InChI=1S/C33H30N6O9S/c1-47-27-14-20(12-19-13-24(36-29(19)27)31(34)48-11-9-17-2-6-21(7-3-17)39(42)43)35-32(40)25-15-23-22-8-10-38(33(41)18-4-5-18)26(22)16-28(30(23)37-25)49(44,45)46/h2-3,6-7,12-16,18,34,36-37H,4-5,8-11H2,1H3,(H,35,40)(H,44,45,46). The monoisotopic (exact) mass is 686 g/mol. The molecule has 3 aromatic carbocycles. The smallest absolute Gasteiger partial charge is 0.296 e. The highest BCUT2D eigenvalue weighted by molar-refractivity contribution is 7.86. The summed E-state index contributed by atoms with van der Waals surface area (Å²) in [6.07, 6.45) is 2.47. The maximum atomic E-state index is 13.5. The van der Waals surface area contributed by atoms with Crippen LogP contribution in [0.1, 0.15) is 40.2 Å². The van der Waals surface area contributed by atoms with Crippen molar-refractivity contribution in [1.29, 1.82) is 5.41 Å². The second-order valence-electron chi connectivity index (χ2n) is 12.0. The van der Waals surface area contributed by atoms with Crippen LogP contribution in [0.5, 0.6) is 5.75 Å². The number of nitrogens with zero attached hydrogens (tertiary/aromatic N) is 2. The Morgan fingerprint density at radius 3 is 2.49 bits per heavy atom. The van der Waals surface area contributed by atoms with Gasteiger partial charge in [-0.3, -0.25) is 29.7 Å². The van der Waals surface area contributed by atoms with Crippen LogP contribution in [-0.4, -0.2) is 65.8 Å². The van der Waals surface area contributed by atoms with Gasteiger partial charge in [-0.2, -0.15) is 8.42 Å². The van der Waals surface area contributed by atoms with E-state index in [1.807, 2.05) is 0 Å². The molecule has 3 heterocycles. The summed E-state index contributed by atoms with van der Waals surface area (Å²) in [5.74, 6) is -0.505. The number of H-pyrrole nitrogens is 2. The Labute approximate surface area is 278 Å². The Morgan fingerprint density at radius 1 is 1.08 bits per heavy atom. The predicted octanol–water partition coefficient (Wildman–Crippen LogP) is 4.95. The van der Waals surface area contributed by atoms with E-state index in [2.05, 4.69) is 15.3 Å². The van der Waals surface area contributed by atoms with Gasteiger partial charge in [0, 0.05) is 59.2 Å². The summed E-state index contributed by atoms with van der Waals surface area (Å²) in [6.45, 7) is 0.536. The Balaban J connectivity index is 1.11. The van der Waals surface area contributed by atoms with E-state index < -0.39 is 25.8 Å². The first kappa shape index (κ1) is 31.8. The number of nitro groups is 1. The van der Waals surface area contributed by atoms with Crippen LogP contribution in [0.15, 0.2) is 59.5 Å². The van der Waals surface area contributed by atoms with Crippen molar-refractivity contribution in [3.8, 4) is 5.75 Å². The van der Waals surface area contributed by atoms with Gasteiger partial charge in [0.1, 0.15) is 22.0 Å². The fourth-order valence-electron chi connectivity index (χ4n) is 6.16. The zero-order valence-corrected chi connectivity index (χ0v) is 26.8. The topological polar surface area (TPSA) is 221 Å². The van der Waals surface area contributed by atoms with Crippen LogP contribution in [0.4, 0.5) is 17.1 Å². The maximum Gasteiger partial charge on any atom is 0.296 e. The van der Waals surface area contributed by atoms with Crippen LogP contribution < -0.4 is 15.0 Å². The largest absolute Gasteiger partial charge is 0.494 e. The van der Waals surface area contributed by atoms with E-state index in [1.165, 1.54) is 31.4 Å². The number of benzene rings is 3. The molecule has 0 bridgehead atoms. The van der Waals surface area contributed by atoms with E-state index >= 15 is 0 Å². The number of carbonyl (C=O) groups is 2. The van der Waals surface area contributed by atoms with Crippen LogP contribution in [0.3, 0.4) is 0 Å². The minimum Gasteiger partial charge on any atom is -0.494 e. The lowest BCUT2D eigenvalue weighted by molar-refractivity contribution is -0.384. The number of rotatable bonds is 10. The van der Waals surface area contributed by atoms with E-state index in [9.17, 15) is 32.7 Å². The van der Waals surface area contributed by atoms with Gasteiger partial charge in [-0.15, -0.1) is 0 Å². The van der Waals surface area contributed by atoms with Gasteiger partial charge < -0.3 is 29.7 Å². The Hall–Kier alpha value is -5.74. The first-order chi connectivity index (χ1) is 23.4. The van der Waals surface area contributed by atoms with Gasteiger partial charge in [0.2, 0.25) is 11.8 Å². The van der Waals surface area contributed by atoms with Crippen molar-refractivity contribution in [2.45, 2.75) is 30.6 Å². The van der Waals surface area contributed by atoms with Crippen LogP contribution in [-0.2, 0) is 32.5 Å². The average molecular weight is 687 g/mol. The summed E-state index contributed by atoms with van der Waals surface area (Å²) >= 11 is 0. The average Bonchev–Trinajstić information content (AvgIpc) is 3.45. The molecule has 7 rings (SSSR count). The summed E-state index contributed by atoms with van der Waals surface area (Å²) in [5, 5.41) is 23.1. The normalized spacial score (nSPS) is 14.2. The van der Waals surface area contributed by atoms with Crippen LogP contribution in [0, 0.1) is 21.4 Å². The summed E-state index contributed by atoms with van der Waals surface area (Å²) < 4.78 is 46.0. The van der Waals surface area contributed by atoms with E-state index in [0.717, 1.165) is 18.4 Å². The van der Waals surface area contributed by atoms with Gasteiger partial charge in [0.05, 0.1) is 29.7 Å². The predicted molar refractivity (Wildman–Crippen MR) is 179 cm³/mol. The second kappa shape index (κ2) is 12.1. The van der Waals surface area contributed by atoms with Gasteiger partial charge in [0.15, 0.2) is 0 Å². The molecular formula is C33H30N6O9S. The SMILES string of the molecule is COc1cc(NC(=O)c2cc3c4c(cc(S(=O)(=O)O)c3[nH]2)N(C(=O)C2CC2)CC4)cc2cc(C(=N)OCCc3ccc([N+](=O)[O-])cc3)[nH]c12. The van der Waals surface area contributed by atoms with Crippen molar-refractivity contribution in [2.75, 3.05) is 30.5 Å². The third-order valence-corrected chi connectivity index (χ3v) is 9.63. The van der Waals surface area contributed by atoms with Crippen LogP contribution in [0.2, 0.25) is 0 Å². The number of carbonyl (C=O) groups excluding carboxylic acids is 2. The summed E-state index contributed by atoms with van der Waals surface area (Å²) in [4.78, 5) is 43.9. The Kier molecular flexibility index (Phi) is 7.83. The molecule has 5 N–H and O–H groups in total. The maximum absolute atomic E-state index is 13.5. The first-order valence-electron chi connectivity index (χ1n) is 15.4. The lowest BCUT2D eigenvalue weighted by Crippen LogP contribution is -2.30. The molecule has 1 aliphatic carbocycles. The molecule has 252 valence electrons. The number of nitro benzene ring substituents is 1. The molecule has 1 aliphatic heterocycles. The Bertz CT molecular complexity index is 2310. The lowest BCUT2D eigenvalue weighted by atomic mass is 10.1. The van der Waals surface area contributed by atoms with Crippen LogP contribution in [0.25, 0.3) is 21.8 Å². The Morgan fingerprint density at radius 2 is 1.82 bits per heavy atom. The quantitative estimate of drug-likeness (QED) is 0.0440. The van der Waals surface area contributed by atoms with Gasteiger partial charge >= 0.3 is 0 Å². The number of methoxy groups -OCH3 is 1. The number of nitrogens with one attached hydrogen (secondary N) is 4. The molecule has 1 saturated carbocycles. The van der Waals surface area contributed by atoms with E-state index in [0.29, 0.717) is 64.1 Å². The van der Waals surface area contributed by atoms with E-state index in [4.69, 9.17) is 14.9 Å². The molecule has 0 unspecified atom stereocenters. The molecule has 15 nitrogen and oxygen atoms in total. The molecule has 16 heteroatoms. The van der Waals surface area contributed by atoms with E-state index in [1.54, 1.807) is 35.2 Å². The number of hydrogen-bond acceptors (Lipinski definition) is 9. The molecule has 1 fully saturated rings. The highest BCUT2D eigenvalue weighted by atomic mass is 32.2. The zero-order valence-electron chi connectivity index (χ0n) is 26.0. The lowest BCUT2D eigenvalue weighted by Gasteiger charge is -2.18. The van der Waals surface area contributed by atoms with Crippen molar-refractivity contribution in [2.24, 2.45) is 5.92 Å². The number of hydrogen-bond donors (Lipinski definition) is 5. The van der Waals surface area contributed by atoms with Crippen LogP contribution >= 0.6 is 0 Å². The summed E-state index contributed by atoms with van der Waals surface area (Å²) in [5.41, 5.74) is 3.32. The second-order valence-corrected chi connectivity index (χ2v) is 13.4. The van der Waals surface area contributed by atoms with Crippen molar-refractivity contribution in [3.05, 3.63) is 87.2 Å². The molecule has 2 aromatic heterocycles. The van der Waals surface area contributed by atoms with Gasteiger partial charge in [0.25, 0.3) is 21.7 Å². The van der Waals surface area contributed by atoms with E-state index in [-0.39, 0.29) is 41.2 Å². The third kappa shape index (κ3) is 6.07. The number of aromatic amines is 2. The first-order valence-corrected chi connectivity index (χ1v) is 16.8. The minimum absolute atomic E-state index is 0.00929. The zero-order chi connectivity index (χ0) is 34.6. The molecule has 49 heavy (non-hydrogen) atoms. The molecule has 0 saturated heterocycles. The number of aromatic nitrogens is 2. The van der Waals surface area contributed by atoms with Crippen molar-refractivity contribution < 1.29 is 37.0 Å². The van der Waals surface area contributed by atoms with Crippen molar-refractivity contribution >= 4 is 66.7 Å². The third-order valence-electron chi connectivity index (χ3n) is 8.76. The molecular weight excluding hydrogens is 656 g/mol. The number of amides is 2. The molecule has 2 aliphatic rings. The van der Waals surface area contributed by atoms with Gasteiger partial charge in [-0.05, 0) is 54.7 Å². The summed E-state index contributed by atoms with van der Waals surface area (Å²) in [6, 6.07) is 13.8. The van der Waals surface area contributed by atoms with Crippen molar-refractivity contribution in [1.82, 2.24) is 9.97 Å².